The van der Waals surface area contributed by atoms with Gasteiger partial charge in [-0.05, 0) is 32.3 Å². The number of aliphatic hydroxyl groups excluding tert-OH is 1. The van der Waals surface area contributed by atoms with E-state index in [0.717, 1.165) is 51.9 Å². The number of fused-ring (bicyclic) bond motifs is 1. The van der Waals surface area contributed by atoms with Gasteiger partial charge in [0.2, 0.25) is 4.96 Å². The Morgan fingerprint density at radius 1 is 1.39 bits per heavy atom. The summed E-state index contributed by atoms with van der Waals surface area (Å²) in [6.07, 6.45) is 2.17. The van der Waals surface area contributed by atoms with Crippen LogP contribution in [-0.4, -0.2) is 26.3 Å². The van der Waals surface area contributed by atoms with Crippen molar-refractivity contribution in [3.05, 3.63) is 40.0 Å². The molecule has 3 heterocycles. The molecule has 0 radical (unpaired) electrons. The Morgan fingerprint density at radius 3 is 2.96 bits per heavy atom. The highest BCUT2D eigenvalue weighted by Crippen LogP contribution is 2.34. The molecular formula is C17H19N3O2S. The van der Waals surface area contributed by atoms with Crippen molar-refractivity contribution < 1.29 is 9.84 Å². The van der Waals surface area contributed by atoms with Gasteiger partial charge in [0.1, 0.15) is 11.1 Å². The molecule has 1 saturated heterocycles. The molecule has 1 aromatic carbocycles. The molecule has 0 spiro atoms. The molecule has 1 aliphatic rings. The number of nitrogens with zero attached hydrogens (tertiary/aromatic N) is 3. The summed E-state index contributed by atoms with van der Waals surface area (Å²) in [6.45, 7) is 4.86. The van der Waals surface area contributed by atoms with Gasteiger partial charge in [0.25, 0.3) is 0 Å². The predicted molar refractivity (Wildman–Crippen MR) is 89.6 cm³/mol. The highest BCUT2D eigenvalue weighted by molar-refractivity contribution is 7.16. The summed E-state index contributed by atoms with van der Waals surface area (Å²) in [5.74, 6) is 0. The lowest BCUT2D eigenvalue weighted by molar-refractivity contribution is 0.111. The third kappa shape index (κ3) is 2.47. The van der Waals surface area contributed by atoms with Gasteiger partial charge in [-0.3, -0.25) is 0 Å². The number of hydrogen-bond acceptors (Lipinski definition) is 5. The van der Waals surface area contributed by atoms with Crippen molar-refractivity contribution in [2.45, 2.75) is 39.4 Å². The Kier molecular flexibility index (Phi) is 3.67. The zero-order valence-electron chi connectivity index (χ0n) is 13.2. The molecule has 1 fully saturated rings. The lowest BCUT2D eigenvalue weighted by Crippen LogP contribution is -2.00. The van der Waals surface area contributed by atoms with Gasteiger partial charge in [-0.1, -0.05) is 35.1 Å². The minimum atomic E-state index is -0.0848. The van der Waals surface area contributed by atoms with Crippen LogP contribution in [0.3, 0.4) is 0 Å². The summed E-state index contributed by atoms with van der Waals surface area (Å²) < 4.78 is 7.48. The van der Waals surface area contributed by atoms with Gasteiger partial charge in [-0.25, -0.2) is 9.50 Å². The second kappa shape index (κ2) is 5.70. The standard InChI is InChI=1S/C17H19N3O2S/c1-10-5-6-12(11(2)8-10)15-13(9-21)20-17(18-15)23-16(19-20)14-4-3-7-22-14/h5-6,8,14,21H,3-4,7,9H2,1-2H3. The topological polar surface area (TPSA) is 59.7 Å². The Morgan fingerprint density at radius 2 is 2.26 bits per heavy atom. The third-order valence-electron chi connectivity index (χ3n) is 4.30. The zero-order chi connectivity index (χ0) is 16.0. The van der Waals surface area contributed by atoms with Crippen LogP contribution in [0.15, 0.2) is 18.2 Å². The Hall–Kier alpha value is -1.76. The largest absolute Gasteiger partial charge is 0.390 e. The molecule has 120 valence electrons. The molecule has 6 heteroatoms. The van der Waals surface area contributed by atoms with Crippen LogP contribution in [0.5, 0.6) is 0 Å². The van der Waals surface area contributed by atoms with Gasteiger partial charge < -0.3 is 9.84 Å². The lowest BCUT2D eigenvalue weighted by atomic mass is 10.0. The first-order valence-corrected chi connectivity index (χ1v) is 8.67. The van der Waals surface area contributed by atoms with Crippen LogP contribution in [0.4, 0.5) is 0 Å². The van der Waals surface area contributed by atoms with Gasteiger partial charge in [0.05, 0.1) is 18.0 Å². The Labute approximate surface area is 138 Å². The fraction of sp³-hybridized carbons (Fsp3) is 0.412. The van der Waals surface area contributed by atoms with Crippen LogP contribution in [0, 0.1) is 13.8 Å². The molecule has 3 aromatic rings. The number of hydrogen-bond donors (Lipinski definition) is 1. The van der Waals surface area contributed by atoms with Crippen LogP contribution in [0.1, 0.15) is 40.8 Å². The van der Waals surface area contributed by atoms with E-state index in [-0.39, 0.29) is 12.7 Å². The SMILES string of the molecule is Cc1ccc(-c2nc3sc(C4CCCO4)nn3c2CO)c(C)c1. The second-order valence-electron chi connectivity index (χ2n) is 6.02. The van der Waals surface area contributed by atoms with Crippen molar-refractivity contribution in [1.29, 1.82) is 0 Å². The van der Waals surface area contributed by atoms with E-state index in [2.05, 4.69) is 37.1 Å². The second-order valence-corrected chi connectivity index (χ2v) is 7.01. The maximum absolute atomic E-state index is 9.86. The van der Waals surface area contributed by atoms with E-state index in [1.807, 2.05) is 0 Å². The highest BCUT2D eigenvalue weighted by atomic mass is 32.1. The fourth-order valence-electron chi connectivity index (χ4n) is 3.14. The average Bonchev–Trinajstić information content (AvgIpc) is 3.22. The summed E-state index contributed by atoms with van der Waals surface area (Å²) in [5, 5.41) is 15.5. The minimum absolute atomic E-state index is 0.0813. The monoisotopic (exact) mass is 329 g/mol. The molecule has 0 saturated carbocycles. The smallest absolute Gasteiger partial charge is 0.213 e. The quantitative estimate of drug-likeness (QED) is 0.800. The molecular weight excluding hydrogens is 310 g/mol. The van der Waals surface area contributed by atoms with Crippen LogP contribution in [-0.2, 0) is 11.3 Å². The first kappa shape index (κ1) is 14.8. The van der Waals surface area contributed by atoms with Gasteiger partial charge in [-0.15, -0.1) is 0 Å². The first-order valence-electron chi connectivity index (χ1n) is 7.86. The molecule has 4 rings (SSSR count). The summed E-state index contributed by atoms with van der Waals surface area (Å²) in [5.41, 5.74) is 4.99. The Bertz CT molecular complexity index is 862. The van der Waals surface area contributed by atoms with Crippen molar-refractivity contribution in [2.75, 3.05) is 6.61 Å². The van der Waals surface area contributed by atoms with E-state index >= 15 is 0 Å². The maximum Gasteiger partial charge on any atom is 0.213 e. The molecule has 23 heavy (non-hydrogen) atoms. The molecule has 1 atom stereocenters. The number of imidazole rings is 1. The molecule has 0 aliphatic carbocycles. The molecule has 0 bridgehead atoms. The molecule has 1 aliphatic heterocycles. The minimum Gasteiger partial charge on any atom is -0.390 e. The van der Waals surface area contributed by atoms with Crippen LogP contribution in [0.2, 0.25) is 0 Å². The maximum atomic E-state index is 9.86. The summed E-state index contributed by atoms with van der Waals surface area (Å²) in [6, 6.07) is 6.27. The number of rotatable bonds is 3. The molecule has 1 N–H and O–H groups in total. The molecule has 0 amide bonds. The Balaban J connectivity index is 1.83. The lowest BCUT2D eigenvalue weighted by Gasteiger charge is -2.07. The van der Waals surface area contributed by atoms with Crippen molar-refractivity contribution >= 4 is 16.3 Å². The van der Waals surface area contributed by atoms with E-state index < -0.39 is 0 Å². The van der Waals surface area contributed by atoms with Gasteiger partial charge >= 0.3 is 0 Å². The van der Waals surface area contributed by atoms with Crippen LogP contribution in [0.25, 0.3) is 16.2 Å². The van der Waals surface area contributed by atoms with Crippen molar-refractivity contribution in [2.24, 2.45) is 0 Å². The molecule has 5 nitrogen and oxygen atoms in total. The number of aromatic nitrogens is 3. The van der Waals surface area contributed by atoms with Crippen molar-refractivity contribution in [3.63, 3.8) is 0 Å². The van der Waals surface area contributed by atoms with Gasteiger partial charge in [0.15, 0.2) is 0 Å². The summed E-state index contributed by atoms with van der Waals surface area (Å²) in [4.78, 5) is 5.55. The van der Waals surface area contributed by atoms with E-state index in [9.17, 15) is 5.11 Å². The molecule has 1 unspecified atom stereocenters. The highest BCUT2D eigenvalue weighted by Gasteiger charge is 2.25. The predicted octanol–water partition coefficient (Wildman–Crippen LogP) is 3.42. The fourth-order valence-corrected chi connectivity index (χ4v) is 4.15. The van der Waals surface area contributed by atoms with Crippen LogP contribution >= 0.6 is 11.3 Å². The van der Waals surface area contributed by atoms with E-state index in [4.69, 9.17) is 9.72 Å². The molecule has 2 aromatic heterocycles. The van der Waals surface area contributed by atoms with Crippen LogP contribution < -0.4 is 0 Å². The van der Waals surface area contributed by atoms with Crippen molar-refractivity contribution in [1.82, 2.24) is 14.6 Å². The average molecular weight is 329 g/mol. The zero-order valence-corrected chi connectivity index (χ0v) is 14.1. The summed E-state index contributed by atoms with van der Waals surface area (Å²) in [7, 11) is 0. The number of ether oxygens (including phenoxy) is 1. The number of aryl methyl sites for hydroxylation is 2. The van der Waals surface area contributed by atoms with E-state index in [0.29, 0.717) is 0 Å². The van der Waals surface area contributed by atoms with E-state index in [1.165, 1.54) is 5.56 Å². The third-order valence-corrected chi connectivity index (χ3v) is 5.30. The normalized spacial score (nSPS) is 18.1. The van der Waals surface area contributed by atoms with Gasteiger partial charge in [0, 0.05) is 12.2 Å². The van der Waals surface area contributed by atoms with E-state index in [1.54, 1.807) is 15.9 Å². The summed E-state index contributed by atoms with van der Waals surface area (Å²) >= 11 is 1.55. The number of aliphatic hydroxyl groups is 1. The first-order chi connectivity index (χ1) is 11.2. The number of benzene rings is 1. The van der Waals surface area contributed by atoms with Crippen molar-refractivity contribution in [3.8, 4) is 11.3 Å². The van der Waals surface area contributed by atoms with Gasteiger partial charge in [-0.2, -0.15) is 5.10 Å².